The van der Waals surface area contributed by atoms with E-state index < -0.39 is 16.0 Å². The van der Waals surface area contributed by atoms with E-state index in [4.69, 9.17) is 14.6 Å². The van der Waals surface area contributed by atoms with E-state index in [1.165, 1.54) is 4.31 Å². The summed E-state index contributed by atoms with van der Waals surface area (Å²) in [5, 5.41) is 9.01. The molecule has 0 aromatic heterocycles. The minimum atomic E-state index is -3.22. The van der Waals surface area contributed by atoms with Crippen LogP contribution in [0.3, 0.4) is 0 Å². The average molecular weight is 462 g/mol. The van der Waals surface area contributed by atoms with Crippen molar-refractivity contribution in [2.75, 3.05) is 19.3 Å². The van der Waals surface area contributed by atoms with Crippen LogP contribution < -0.4 is 9.47 Å². The molecule has 8 heteroatoms. The second kappa shape index (κ2) is 9.50. The first-order valence-electron chi connectivity index (χ1n) is 10.7. The van der Waals surface area contributed by atoms with E-state index >= 15 is 0 Å². The van der Waals surface area contributed by atoms with Crippen LogP contribution in [0.4, 0.5) is 0 Å². The van der Waals surface area contributed by atoms with Gasteiger partial charge in [0.15, 0.2) is 0 Å². The summed E-state index contributed by atoms with van der Waals surface area (Å²) in [7, 11) is -1.60. The Kier molecular flexibility index (Phi) is 7.15. The monoisotopic (exact) mass is 461 g/mol. The number of sulfonamides is 1. The minimum absolute atomic E-state index is 0.0881. The summed E-state index contributed by atoms with van der Waals surface area (Å²) >= 11 is 0. The van der Waals surface area contributed by atoms with E-state index in [0.717, 1.165) is 23.3 Å². The zero-order valence-electron chi connectivity index (χ0n) is 19.0. The second-order valence-electron chi connectivity index (χ2n) is 8.76. The molecule has 0 saturated heterocycles. The van der Waals surface area contributed by atoms with Crippen LogP contribution in [-0.2, 0) is 16.6 Å². The summed E-state index contributed by atoms with van der Waals surface area (Å²) < 4.78 is 37.8. The molecule has 32 heavy (non-hydrogen) atoms. The lowest BCUT2D eigenvalue weighted by molar-refractivity contribution is 0.0690. The molecule has 0 saturated carbocycles. The predicted octanol–water partition coefficient (Wildman–Crippen LogP) is 4.28. The van der Waals surface area contributed by atoms with Gasteiger partial charge in [-0.25, -0.2) is 17.5 Å². The molecule has 0 amide bonds. The van der Waals surface area contributed by atoms with Crippen LogP contribution in [0.5, 0.6) is 11.5 Å². The van der Waals surface area contributed by atoms with Gasteiger partial charge in [0.25, 0.3) is 0 Å². The van der Waals surface area contributed by atoms with Crippen molar-refractivity contribution in [1.29, 1.82) is 0 Å². The fourth-order valence-electron chi connectivity index (χ4n) is 3.94. The number of ether oxygens (including phenoxy) is 2. The summed E-state index contributed by atoms with van der Waals surface area (Å²) in [5.41, 5.74) is 1.78. The van der Waals surface area contributed by atoms with Crippen molar-refractivity contribution in [3.8, 4) is 11.5 Å². The maximum Gasteiger partial charge on any atom is 0.335 e. The van der Waals surface area contributed by atoms with Gasteiger partial charge >= 0.3 is 5.97 Å². The Morgan fingerprint density at radius 3 is 2.53 bits per heavy atom. The molecule has 0 bridgehead atoms. The third-order valence-electron chi connectivity index (χ3n) is 5.78. The molecule has 1 aliphatic rings. The van der Waals surface area contributed by atoms with Gasteiger partial charge in [-0.3, -0.25) is 0 Å². The Balaban J connectivity index is 1.74. The number of aromatic carboxylic acids is 1. The van der Waals surface area contributed by atoms with E-state index in [9.17, 15) is 13.2 Å². The number of fused-ring (bicyclic) bond motifs is 1. The van der Waals surface area contributed by atoms with Crippen molar-refractivity contribution in [3.05, 3.63) is 59.2 Å². The van der Waals surface area contributed by atoms with Crippen LogP contribution in [0.1, 0.15) is 61.0 Å². The Labute approximate surface area is 190 Å². The second-order valence-corrected chi connectivity index (χ2v) is 11.1. The van der Waals surface area contributed by atoms with Gasteiger partial charge in [-0.1, -0.05) is 12.1 Å². The van der Waals surface area contributed by atoms with E-state index in [-0.39, 0.29) is 22.8 Å². The zero-order valence-corrected chi connectivity index (χ0v) is 19.8. The molecule has 1 N–H and O–H groups in total. The summed E-state index contributed by atoms with van der Waals surface area (Å²) in [6, 6.07) is 12.3. The first-order chi connectivity index (χ1) is 15.0. The molecule has 0 spiro atoms. The summed E-state index contributed by atoms with van der Waals surface area (Å²) in [4.78, 5) is 11.0. The van der Waals surface area contributed by atoms with Crippen molar-refractivity contribution in [1.82, 2.24) is 4.31 Å². The number of carboxylic acids is 1. The van der Waals surface area contributed by atoms with Gasteiger partial charge in [-0.2, -0.15) is 0 Å². The van der Waals surface area contributed by atoms with Gasteiger partial charge < -0.3 is 14.6 Å². The number of carboxylic acid groups (broad SMARTS) is 1. The summed E-state index contributed by atoms with van der Waals surface area (Å²) in [6.45, 7) is 6.49. The minimum Gasteiger partial charge on any atom is -0.489 e. The normalized spacial score (nSPS) is 17.5. The quantitative estimate of drug-likeness (QED) is 0.599. The Morgan fingerprint density at radius 1 is 1.22 bits per heavy atom. The van der Waals surface area contributed by atoms with Crippen LogP contribution in [0, 0.1) is 0 Å². The van der Waals surface area contributed by atoms with Gasteiger partial charge in [0.2, 0.25) is 10.0 Å². The molecule has 2 aromatic carbocycles. The molecule has 174 valence electrons. The molecular weight excluding hydrogens is 430 g/mol. The van der Waals surface area contributed by atoms with Crippen LogP contribution >= 0.6 is 0 Å². The van der Waals surface area contributed by atoms with Gasteiger partial charge in [0.1, 0.15) is 23.7 Å². The average Bonchev–Trinajstić information content (AvgIpc) is 2.75. The molecule has 0 aliphatic carbocycles. The molecule has 1 aliphatic heterocycles. The van der Waals surface area contributed by atoms with Gasteiger partial charge in [-0.05, 0) is 75.4 Å². The van der Waals surface area contributed by atoms with Crippen molar-refractivity contribution in [2.24, 2.45) is 0 Å². The van der Waals surface area contributed by atoms with Crippen LogP contribution in [0.15, 0.2) is 42.5 Å². The predicted molar refractivity (Wildman–Crippen MR) is 123 cm³/mol. The lowest BCUT2D eigenvalue weighted by atomic mass is 9.82. The first-order valence-corrected chi connectivity index (χ1v) is 12.3. The number of carbonyl (C=O) groups is 1. The highest BCUT2D eigenvalue weighted by Crippen LogP contribution is 2.44. The largest absolute Gasteiger partial charge is 0.489 e. The van der Waals surface area contributed by atoms with Crippen molar-refractivity contribution >= 4 is 16.0 Å². The highest BCUT2D eigenvalue weighted by molar-refractivity contribution is 7.89. The number of benzene rings is 2. The Bertz CT molecular complexity index is 1060. The molecule has 1 unspecified atom stereocenters. The van der Waals surface area contributed by atoms with Crippen molar-refractivity contribution < 1.29 is 27.8 Å². The van der Waals surface area contributed by atoms with Gasteiger partial charge in [0, 0.05) is 19.2 Å². The standard InChI is InChI=1S/C24H31NO6S/c1-5-32(28,29)25(4)13-12-19-15-24(2,3)31-22-11-10-20(14-21(19)22)30-16-17-6-8-18(9-7-17)23(26)27/h6-11,14,19H,5,12-13,15-16H2,1-4H3,(H,26,27). The van der Waals surface area contributed by atoms with E-state index in [0.29, 0.717) is 25.3 Å². The highest BCUT2D eigenvalue weighted by atomic mass is 32.2. The lowest BCUT2D eigenvalue weighted by Gasteiger charge is -2.38. The molecular formula is C24H31NO6S. The third kappa shape index (κ3) is 5.81. The van der Waals surface area contributed by atoms with E-state index in [2.05, 4.69) is 0 Å². The van der Waals surface area contributed by atoms with Gasteiger partial charge in [-0.15, -0.1) is 0 Å². The number of nitrogens with zero attached hydrogens (tertiary/aromatic N) is 1. The summed E-state index contributed by atoms with van der Waals surface area (Å²) in [6.07, 6.45) is 1.47. The molecule has 0 fully saturated rings. The molecule has 1 heterocycles. The molecule has 0 radical (unpaired) electrons. The summed E-state index contributed by atoms with van der Waals surface area (Å²) in [5.74, 6) is 0.754. The number of rotatable bonds is 9. The molecule has 1 atom stereocenters. The van der Waals surface area contributed by atoms with Gasteiger partial charge in [0.05, 0.1) is 11.3 Å². The van der Waals surface area contributed by atoms with Crippen molar-refractivity contribution in [2.45, 2.75) is 51.7 Å². The van der Waals surface area contributed by atoms with Crippen molar-refractivity contribution in [3.63, 3.8) is 0 Å². The van der Waals surface area contributed by atoms with Crippen LogP contribution in [0.2, 0.25) is 0 Å². The number of hydrogen-bond donors (Lipinski definition) is 1. The van der Waals surface area contributed by atoms with Crippen LogP contribution in [0.25, 0.3) is 0 Å². The first kappa shape index (κ1) is 24.1. The Morgan fingerprint density at radius 2 is 1.91 bits per heavy atom. The Hall–Kier alpha value is -2.58. The van der Waals surface area contributed by atoms with Crippen LogP contribution in [-0.4, -0.2) is 48.7 Å². The fraction of sp³-hybridized carbons (Fsp3) is 0.458. The lowest BCUT2D eigenvalue weighted by Crippen LogP contribution is -2.36. The molecule has 7 nitrogen and oxygen atoms in total. The molecule has 3 rings (SSSR count). The fourth-order valence-corrected chi connectivity index (χ4v) is 4.76. The zero-order chi connectivity index (χ0) is 23.5. The topological polar surface area (TPSA) is 93.1 Å². The van der Waals surface area contributed by atoms with E-state index in [1.54, 1.807) is 38.2 Å². The molecule has 2 aromatic rings. The van der Waals surface area contributed by atoms with E-state index in [1.807, 2.05) is 32.0 Å². The number of hydrogen-bond acceptors (Lipinski definition) is 5. The third-order valence-corrected chi connectivity index (χ3v) is 7.65. The highest BCUT2D eigenvalue weighted by Gasteiger charge is 2.34. The smallest absolute Gasteiger partial charge is 0.335 e. The maximum absolute atomic E-state index is 12.1. The maximum atomic E-state index is 12.1. The SMILES string of the molecule is CCS(=O)(=O)N(C)CCC1CC(C)(C)Oc2ccc(OCc3ccc(C(=O)O)cc3)cc21.